The number of nitro groups is 1. The van der Waals surface area contributed by atoms with Crippen LogP contribution >= 0.6 is 15.9 Å². The van der Waals surface area contributed by atoms with Gasteiger partial charge in [0, 0.05) is 10.5 Å². The van der Waals surface area contributed by atoms with Crippen LogP contribution in [0.4, 0.5) is 11.4 Å². The van der Waals surface area contributed by atoms with Crippen LogP contribution in [0.5, 0.6) is 0 Å². The molecule has 0 aliphatic heterocycles. The molecule has 0 aromatic heterocycles. The van der Waals surface area contributed by atoms with Gasteiger partial charge in [-0.25, -0.2) is 0 Å². The van der Waals surface area contributed by atoms with Gasteiger partial charge >= 0.3 is 0 Å². The predicted octanol–water partition coefficient (Wildman–Crippen LogP) is 1.64. The molecule has 1 atom stereocenters. The molecule has 0 aliphatic rings. The number of amides is 1. The lowest BCUT2D eigenvalue weighted by molar-refractivity contribution is -0.384. The molecule has 7 heteroatoms. The summed E-state index contributed by atoms with van der Waals surface area (Å²) in [5.74, 6) is -0.467. The van der Waals surface area contributed by atoms with Crippen LogP contribution in [0.1, 0.15) is 6.92 Å². The minimum Gasteiger partial charge on any atom is -0.320 e. The maximum Gasteiger partial charge on any atom is 0.293 e. The third-order valence-electron chi connectivity index (χ3n) is 1.83. The summed E-state index contributed by atoms with van der Waals surface area (Å²) in [6, 6.07) is 3.64. The highest BCUT2D eigenvalue weighted by Gasteiger charge is 2.17. The summed E-state index contributed by atoms with van der Waals surface area (Å²) in [4.78, 5) is 21.5. The first-order valence-corrected chi connectivity index (χ1v) is 5.21. The molecule has 6 nitrogen and oxygen atoms in total. The predicted molar refractivity (Wildman–Crippen MR) is 63.1 cm³/mol. The monoisotopic (exact) mass is 287 g/mol. The first-order chi connectivity index (χ1) is 7.41. The van der Waals surface area contributed by atoms with Gasteiger partial charge in [-0.3, -0.25) is 14.9 Å². The van der Waals surface area contributed by atoms with Gasteiger partial charge in [-0.2, -0.15) is 0 Å². The van der Waals surface area contributed by atoms with E-state index in [1.165, 1.54) is 19.1 Å². The van der Waals surface area contributed by atoms with Gasteiger partial charge in [-0.05, 0) is 19.1 Å². The highest BCUT2D eigenvalue weighted by atomic mass is 79.9. The Hall–Kier alpha value is -1.47. The Labute approximate surface area is 100 Å². The van der Waals surface area contributed by atoms with Gasteiger partial charge in [-0.15, -0.1) is 0 Å². The van der Waals surface area contributed by atoms with E-state index in [0.29, 0.717) is 4.47 Å². The maximum absolute atomic E-state index is 11.3. The molecule has 0 unspecified atom stereocenters. The van der Waals surface area contributed by atoms with Crippen LogP contribution in [-0.4, -0.2) is 16.9 Å². The minimum atomic E-state index is -0.719. The molecule has 0 heterocycles. The number of nitro benzene ring substituents is 1. The third kappa shape index (κ3) is 3.01. The van der Waals surface area contributed by atoms with E-state index in [1.807, 2.05) is 0 Å². The van der Waals surface area contributed by atoms with E-state index < -0.39 is 16.9 Å². The highest BCUT2D eigenvalue weighted by molar-refractivity contribution is 9.10. The van der Waals surface area contributed by atoms with Crippen molar-refractivity contribution in [1.82, 2.24) is 0 Å². The summed E-state index contributed by atoms with van der Waals surface area (Å²) in [5.41, 5.74) is 5.31. The smallest absolute Gasteiger partial charge is 0.293 e. The maximum atomic E-state index is 11.3. The van der Waals surface area contributed by atoms with E-state index in [4.69, 9.17) is 5.73 Å². The van der Waals surface area contributed by atoms with E-state index in [2.05, 4.69) is 21.2 Å². The highest BCUT2D eigenvalue weighted by Crippen LogP contribution is 2.27. The Balaban J connectivity index is 3.04. The van der Waals surface area contributed by atoms with Crippen molar-refractivity contribution in [3.05, 3.63) is 32.8 Å². The van der Waals surface area contributed by atoms with Gasteiger partial charge in [0.25, 0.3) is 5.69 Å². The van der Waals surface area contributed by atoms with Gasteiger partial charge in [0.15, 0.2) is 0 Å². The molecule has 0 aliphatic carbocycles. The molecular weight excluding hydrogens is 278 g/mol. The standard InChI is InChI=1S/C9H10BrN3O3/c1-5(11)9(14)12-7-3-2-6(10)4-8(7)13(15)16/h2-5H,11H2,1H3,(H,12,14)/t5-/m1/s1. The number of nitrogens with one attached hydrogen (secondary N) is 1. The van der Waals surface area contributed by atoms with Crippen molar-refractivity contribution in [2.24, 2.45) is 5.73 Å². The quantitative estimate of drug-likeness (QED) is 0.652. The van der Waals surface area contributed by atoms with Crippen molar-refractivity contribution in [2.45, 2.75) is 13.0 Å². The Morgan fingerprint density at radius 3 is 2.75 bits per heavy atom. The van der Waals surface area contributed by atoms with E-state index >= 15 is 0 Å². The summed E-state index contributed by atoms with van der Waals surface area (Å²) in [6.45, 7) is 1.50. The van der Waals surface area contributed by atoms with Gasteiger partial charge in [0.05, 0.1) is 11.0 Å². The third-order valence-corrected chi connectivity index (χ3v) is 2.32. The lowest BCUT2D eigenvalue weighted by Crippen LogP contribution is -2.32. The normalized spacial score (nSPS) is 11.9. The van der Waals surface area contributed by atoms with Crippen molar-refractivity contribution in [3.8, 4) is 0 Å². The Morgan fingerprint density at radius 2 is 2.25 bits per heavy atom. The number of hydrogen-bond acceptors (Lipinski definition) is 4. The second-order valence-electron chi connectivity index (χ2n) is 3.20. The molecule has 3 N–H and O–H groups in total. The van der Waals surface area contributed by atoms with Crippen LogP contribution in [0.3, 0.4) is 0 Å². The molecule has 1 aromatic rings. The number of benzene rings is 1. The van der Waals surface area contributed by atoms with Gasteiger partial charge < -0.3 is 11.1 Å². The SMILES string of the molecule is C[C@@H](N)C(=O)Nc1ccc(Br)cc1[N+](=O)[O-]. The van der Waals surface area contributed by atoms with Crippen LogP contribution < -0.4 is 11.1 Å². The van der Waals surface area contributed by atoms with Crippen LogP contribution in [0, 0.1) is 10.1 Å². The number of carbonyl (C=O) groups excluding carboxylic acids is 1. The second-order valence-corrected chi connectivity index (χ2v) is 4.11. The Morgan fingerprint density at radius 1 is 1.62 bits per heavy atom. The van der Waals surface area contributed by atoms with Crippen molar-refractivity contribution < 1.29 is 9.72 Å². The average molecular weight is 288 g/mol. The largest absolute Gasteiger partial charge is 0.320 e. The molecule has 0 saturated carbocycles. The first kappa shape index (κ1) is 12.6. The van der Waals surface area contributed by atoms with Crippen molar-refractivity contribution >= 4 is 33.2 Å². The number of nitrogens with zero attached hydrogens (tertiary/aromatic N) is 1. The summed E-state index contributed by atoms with van der Waals surface area (Å²) in [7, 11) is 0. The minimum absolute atomic E-state index is 0.135. The van der Waals surface area contributed by atoms with Crippen LogP contribution in [-0.2, 0) is 4.79 Å². The molecular formula is C9H10BrN3O3. The summed E-state index contributed by atoms with van der Waals surface area (Å²) < 4.78 is 0.568. The molecule has 0 fully saturated rings. The molecule has 0 radical (unpaired) electrons. The van der Waals surface area contributed by atoms with E-state index in [9.17, 15) is 14.9 Å². The van der Waals surface area contributed by atoms with Gasteiger partial charge in [0.1, 0.15) is 5.69 Å². The molecule has 86 valence electrons. The van der Waals surface area contributed by atoms with Gasteiger partial charge in [-0.1, -0.05) is 15.9 Å². The van der Waals surface area contributed by atoms with Crippen LogP contribution in [0.15, 0.2) is 22.7 Å². The summed E-state index contributed by atoms with van der Waals surface area (Å²) in [6.07, 6.45) is 0. The first-order valence-electron chi connectivity index (χ1n) is 4.42. The Bertz CT molecular complexity index is 434. The molecule has 0 spiro atoms. The van der Waals surface area contributed by atoms with E-state index in [0.717, 1.165) is 0 Å². The zero-order chi connectivity index (χ0) is 12.3. The number of nitrogens with two attached hydrogens (primary N) is 1. The zero-order valence-corrected chi connectivity index (χ0v) is 10.0. The molecule has 16 heavy (non-hydrogen) atoms. The average Bonchev–Trinajstić information content (AvgIpc) is 2.20. The van der Waals surface area contributed by atoms with Crippen molar-refractivity contribution in [3.63, 3.8) is 0 Å². The fraction of sp³-hybridized carbons (Fsp3) is 0.222. The fourth-order valence-corrected chi connectivity index (χ4v) is 1.36. The number of anilines is 1. The number of rotatable bonds is 3. The second kappa shape index (κ2) is 5.04. The number of hydrogen-bond donors (Lipinski definition) is 2. The number of carbonyl (C=O) groups is 1. The number of halogens is 1. The molecule has 1 rings (SSSR count). The lowest BCUT2D eigenvalue weighted by atomic mass is 10.2. The van der Waals surface area contributed by atoms with E-state index in [1.54, 1.807) is 6.07 Å². The van der Waals surface area contributed by atoms with Crippen molar-refractivity contribution in [1.29, 1.82) is 0 Å². The summed E-state index contributed by atoms with van der Waals surface area (Å²) >= 11 is 3.12. The fourth-order valence-electron chi connectivity index (χ4n) is 1.01. The summed E-state index contributed by atoms with van der Waals surface area (Å²) in [5, 5.41) is 13.1. The molecule has 1 amide bonds. The zero-order valence-electron chi connectivity index (χ0n) is 8.44. The van der Waals surface area contributed by atoms with Crippen molar-refractivity contribution in [2.75, 3.05) is 5.32 Å². The van der Waals surface area contributed by atoms with Crippen LogP contribution in [0.2, 0.25) is 0 Å². The Kier molecular flexibility index (Phi) is 3.97. The van der Waals surface area contributed by atoms with E-state index in [-0.39, 0.29) is 11.4 Å². The van der Waals surface area contributed by atoms with Gasteiger partial charge in [0.2, 0.25) is 5.91 Å². The lowest BCUT2D eigenvalue weighted by Gasteiger charge is -2.08. The van der Waals surface area contributed by atoms with Crippen LogP contribution in [0.25, 0.3) is 0 Å². The molecule has 1 aromatic carbocycles. The molecule has 0 bridgehead atoms. The molecule has 0 saturated heterocycles. The topological polar surface area (TPSA) is 98.3 Å².